The third-order valence-corrected chi connectivity index (χ3v) is 4.64. The molecule has 1 N–H and O–H groups in total. The third-order valence-electron chi connectivity index (χ3n) is 3.49. The van der Waals surface area contributed by atoms with E-state index < -0.39 is 0 Å². The smallest absolute Gasteiger partial charge is 0.186 e. The lowest BCUT2D eigenvalue weighted by Gasteiger charge is -2.06. The molecule has 22 heavy (non-hydrogen) atoms. The van der Waals surface area contributed by atoms with Crippen LogP contribution in [0.25, 0.3) is 22.2 Å². The fourth-order valence-corrected chi connectivity index (χ4v) is 3.47. The van der Waals surface area contributed by atoms with Gasteiger partial charge in [0.2, 0.25) is 0 Å². The zero-order valence-corrected chi connectivity index (χ0v) is 13.5. The zero-order chi connectivity index (χ0) is 15.7. The summed E-state index contributed by atoms with van der Waals surface area (Å²) in [4.78, 5) is 11.4. The van der Waals surface area contributed by atoms with Crippen LogP contribution >= 0.6 is 23.4 Å². The summed E-state index contributed by atoms with van der Waals surface area (Å²) in [5.41, 5.74) is 3.08. The van der Waals surface area contributed by atoms with Gasteiger partial charge >= 0.3 is 0 Å². The molecule has 0 spiro atoms. The minimum Gasteiger partial charge on any atom is -0.428 e. The number of aromatic nitrogens is 1. The fraction of sp³-hybridized carbons (Fsp3) is 0.118. The molecule has 1 aromatic heterocycles. The largest absolute Gasteiger partial charge is 0.428 e. The Morgan fingerprint density at radius 1 is 1.18 bits per heavy atom. The molecule has 0 aliphatic rings. The summed E-state index contributed by atoms with van der Waals surface area (Å²) in [5, 5.41) is 12.0. The summed E-state index contributed by atoms with van der Waals surface area (Å²) in [6, 6.07) is 15.0. The minimum absolute atomic E-state index is 0.0323. The van der Waals surface area contributed by atoms with Crippen molar-refractivity contribution >= 4 is 39.4 Å². The second-order valence-corrected chi connectivity index (χ2v) is 6.48. The Kier molecular flexibility index (Phi) is 4.14. The van der Waals surface area contributed by atoms with Gasteiger partial charge in [0.15, 0.2) is 5.12 Å². The predicted molar refractivity (Wildman–Crippen MR) is 91.5 cm³/mol. The van der Waals surface area contributed by atoms with Crippen LogP contribution in [0.2, 0.25) is 5.02 Å². The van der Waals surface area contributed by atoms with Crippen molar-refractivity contribution in [3.8, 4) is 11.3 Å². The minimum atomic E-state index is 0.0323. The van der Waals surface area contributed by atoms with Gasteiger partial charge in [0.25, 0.3) is 0 Å². The number of hydrogen-bond acceptors (Lipinski definition) is 3. The molecule has 0 aliphatic heterocycles. The van der Waals surface area contributed by atoms with E-state index in [1.54, 1.807) is 12.1 Å². The van der Waals surface area contributed by atoms with E-state index >= 15 is 0 Å². The second kappa shape index (κ2) is 6.07. The molecule has 0 saturated carbocycles. The van der Waals surface area contributed by atoms with Gasteiger partial charge in [-0.15, -0.1) is 0 Å². The van der Waals surface area contributed by atoms with E-state index in [1.807, 2.05) is 36.4 Å². The van der Waals surface area contributed by atoms with Gasteiger partial charge in [0, 0.05) is 29.2 Å². The molecule has 3 nitrogen and oxygen atoms in total. The van der Waals surface area contributed by atoms with Crippen LogP contribution in [0.1, 0.15) is 12.5 Å². The van der Waals surface area contributed by atoms with Gasteiger partial charge in [-0.1, -0.05) is 59.8 Å². The second-order valence-electron chi connectivity index (χ2n) is 4.92. The first kappa shape index (κ1) is 15.0. The quantitative estimate of drug-likeness (QED) is 0.688. The molecule has 0 amide bonds. The fourth-order valence-electron chi connectivity index (χ4n) is 2.56. The molecule has 0 bridgehead atoms. The lowest BCUT2D eigenvalue weighted by atomic mass is 10.1. The van der Waals surface area contributed by atoms with Crippen molar-refractivity contribution in [2.24, 2.45) is 0 Å². The van der Waals surface area contributed by atoms with Gasteiger partial charge < -0.3 is 5.21 Å². The average Bonchev–Trinajstić information content (AvgIpc) is 2.80. The van der Waals surface area contributed by atoms with Crippen LogP contribution in [-0.2, 0) is 10.5 Å². The van der Waals surface area contributed by atoms with Crippen molar-refractivity contribution in [3.63, 3.8) is 0 Å². The molecule has 0 fully saturated rings. The number of hydrogen-bond donors (Lipinski definition) is 1. The van der Waals surface area contributed by atoms with Crippen LogP contribution in [0.3, 0.4) is 0 Å². The Morgan fingerprint density at radius 2 is 1.91 bits per heavy atom. The van der Waals surface area contributed by atoms with Crippen LogP contribution in [0.15, 0.2) is 48.5 Å². The van der Waals surface area contributed by atoms with Crippen molar-refractivity contribution in [2.75, 3.05) is 0 Å². The number of halogens is 1. The first-order valence-corrected chi connectivity index (χ1v) is 8.15. The summed E-state index contributed by atoms with van der Waals surface area (Å²) in [6.07, 6.45) is 0. The van der Waals surface area contributed by atoms with Crippen molar-refractivity contribution < 1.29 is 10.0 Å². The molecule has 112 valence electrons. The molecule has 2 aromatic carbocycles. The van der Waals surface area contributed by atoms with Crippen molar-refractivity contribution in [1.29, 1.82) is 0 Å². The third kappa shape index (κ3) is 2.60. The average molecular weight is 332 g/mol. The number of thioether (sulfide) groups is 1. The highest BCUT2D eigenvalue weighted by Crippen LogP contribution is 2.38. The van der Waals surface area contributed by atoms with E-state index in [-0.39, 0.29) is 5.12 Å². The number of rotatable bonds is 3. The molecular weight excluding hydrogens is 318 g/mol. The van der Waals surface area contributed by atoms with Crippen LogP contribution in [0.5, 0.6) is 0 Å². The number of carbonyl (C=O) groups excluding carboxylic acids is 1. The molecule has 5 heteroatoms. The van der Waals surface area contributed by atoms with Crippen LogP contribution in [-0.4, -0.2) is 15.1 Å². The van der Waals surface area contributed by atoms with Crippen molar-refractivity contribution in [1.82, 2.24) is 4.73 Å². The van der Waals surface area contributed by atoms with Gasteiger partial charge in [-0.25, -0.2) is 0 Å². The molecule has 0 saturated heterocycles. The highest BCUT2D eigenvalue weighted by atomic mass is 35.5. The van der Waals surface area contributed by atoms with Crippen LogP contribution in [0.4, 0.5) is 0 Å². The maximum Gasteiger partial charge on any atom is 0.186 e. The zero-order valence-electron chi connectivity index (χ0n) is 11.9. The highest BCUT2D eigenvalue weighted by Gasteiger charge is 2.20. The first-order chi connectivity index (χ1) is 10.6. The predicted octanol–water partition coefficient (Wildman–Crippen LogP) is 4.98. The van der Waals surface area contributed by atoms with Gasteiger partial charge in [-0.05, 0) is 12.1 Å². The Morgan fingerprint density at radius 3 is 2.59 bits per heavy atom. The topological polar surface area (TPSA) is 42.2 Å². The molecule has 1 heterocycles. The molecule has 0 atom stereocenters. The van der Waals surface area contributed by atoms with Crippen LogP contribution in [0, 0.1) is 0 Å². The van der Waals surface area contributed by atoms with E-state index in [4.69, 9.17) is 11.6 Å². The monoisotopic (exact) mass is 331 g/mol. The number of benzene rings is 2. The van der Waals surface area contributed by atoms with Gasteiger partial charge in [-0.3, -0.25) is 4.79 Å². The number of carbonyl (C=O) groups is 1. The lowest BCUT2D eigenvalue weighted by molar-refractivity contribution is -0.109. The summed E-state index contributed by atoms with van der Waals surface area (Å²) in [5.74, 6) is 0.466. The standard InChI is InChI=1S/C17H14ClNO2S/c1-11(20)22-10-13-16-14(18)8-5-9-15(16)19(21)17(13)12-6-3-2-4-7-12/h2-9,21H,10H2,1H3. The first-order valence-electron chi connectivity index (χ1n) is 6.79. The van der Waals surface area contributed by atoms with E-state index in [9.17, 15) is 10.0 Å². The van der Waals surface area contributed by atoms with Crippen LogP contribution < -0.4 is 0 Å². The molecular formula is C17H14ClNO2S. The Labute approximate surface area is 137 Å². The molecule has 0 radical (unpaired) electrons. The Bertz CT molecular complexity index is 843. The molecule has 3 aromatic rings. The van der Waals surface area contributed by atoms with Gasteiger partial charge in [0.1, 0.15) is 0 Å². The van der Waals surface area contributed by atoms with Gasteiger partial charge in [0.05, 0.1) is 16.2 Å². The number of nitrogens with zero attached hydrogens (tertiary/aromatic N) is 1. The Hall–Kier alpha value is -1.91. The maximum absolute atomic E-state index is 11.4. The SMILES string of the molecule is CC(=O)SCc1c(-c2ccccc2)n(O)c2cccc(Cl)c12. The van der Waals surface area contributed by atoms with Crippen molar-refractivity contribution in [3.05, 3.63) is 59.1 Å². The van der Waals surface area contributed by atoms with E-state index in [0.717, 1.165) is 21.2 Å². The maximum atomic E-state index is 11.4. The molecule has 0 unspecified atom stereocenters. The lowest BCUT2D eigenvalue weighted by Crippen LogP contribution is -1.95. The van der Waals surface area contributed by atoms with Gasteiger partial charge in [-0.2, -0.15) is 4.73 Å². The number of fused-ring (bicyclic) bond motifs is 1. The summed E-state index contributed by atoms with van der Waals surface area (Å²) >= 11 is 7.54. The Balaban J connectivity index is 2.29. The molecule has 0 aliphatic carbocycles. The van der Waals surface area contributed by atoms with Crippen molar-refractivity contribution in [2.45, 2.75) is 12.7 Å². The van der Waals surface area contributed by atoms with E-state index in [1.165, 1.54) is 18.7 Å². The summed E-state index contributed by atoms with van der Waals surface area (Å²) < 4.78 is 1.16. The van der Waals surface area contributed by atoms with E-state index in [2.05, 4.69) is 0 Å². The van der Waals surface area contributed by atoms with E-state index in [0.29, 0.717) is 22.0 Å². The molecule has 3 rings (SSSR count). The summed E-state index contributed by atoms with van der Waals surface area (Å²) in [6.45, 7) is 1.53. The normalized spacial score (nSPS) is 11.0. The summed E-state index contributed by atoms with van der Waals surface area (Å²) in [7, 11) is 0. The highest BCUT2D eigenvalue weighted by molar-refractivity contribution is 8.12.